The van der Waals surface area contributed by atoms with Crippen LogP contribution in [0.1, 0.15) is 37.0 Å². The van der Waals surface area contributed by atoms with E-state index in [0.29, 0.717) is 0 Å². The normalized spacial score (nSPS) is 15.9. The van der Waals surface area contributed by atoms with Crippen molar-refractivity contribution >= 4 is 11.5 Å². The second-order valence-electron chi connectivity index (χ2n) is 5.34. The van der Waals surface area contributed by atoms with Gasteiger partial charge in [0.2, 0.25) is 0 Å². The lowest BCUT2D eigenvalue weighted by molar-refractivity contribution is 0.0847. The highest BCUT2D eigenvalue weighted by atomic mass is 16.1. The number of hydrogen-bond acceptors (Lipinski definition) is 3. The molecule has 88 valence electrons. The summed E-state index contributed by atoms with van der Waals surface area (Å²) in [6.07, 6.45) is 0. The van der Waals surface area contributed by atoms with Crippen LogP contribution in [0.25, 0.3) is 0 Å². The zero-order valence-electron chi connectivity index (χ0n) is 10.1. The van der Waals surface area contributed by atoms with Crippen LogP contribution in [0.3, 0.4) is 0 Å². The molecule has 4 heteroatoms. The summed E-state index contributed by atoms with van der Waals surface area (Å²) in [4.78, 5) is 12.3. The van der Waals surface area contributed by atoms with Gasteiger partial charge in [-0.2, -0.15) is 0 Å². The molecule has 2 rings (SSSR count). The number of carbonyl (C=O) groups is 1. The van der Waals surface area contributed by atoms with Crippen molar-refractivity contribution in [3.05, 3.63) is 17.5 Å². The lowest BCUT2D eigenvalue weighted by Gasteiger charge is -2.22. The van der Waals surface area contributed by atoms with E-state index in [9.17, 15) is 4.79 Å². The monoisotopic (exact) mass is 221 g/mol. The molecule has 0 amide bonds. The van der Waals surface area contributed by atoms with E-state index in [1.165, 1.54) is 0 Å². The molecule has 0 atom stereocenters. The van der Waals surface area contributed by atoms with Crippen LogP contribution in [0.5, 0.6) is 0 Å². The Morgan fingerprint density at radius 3 is 2.81 bits per heavy atom. The van der Waals surface area contributed by atoms with Crippen molar-refractivity contribution in [1.29, 1.82) is 0 Å². The van der Waals surface area contributed by atoms with Crippen molar-refractivity contribution in [3.8, 4) is 0 Å². The second-order valence-corrected chi connectivity index (χ2v) is 5.34. The number of nitrogen functional groups attached to an aromatic ring is 1. The van der Waals surface area contributed by atoms with Crippen molar-refractivity contribution in [2.24, 2.45) is 5.41 Å². The fourth-order valence-electron chi connectivity index (χ4n) is 2.03. The first-order valence-electron chi connectivity index (χ1n) is 5.64. The Balaban J connectivity index is 2.46. The van der Waals surface area contributed by atoms with Crippen LogP contribution in [0.15, 0.2) is 6.07 Å². The van der Waals surface area contributed by atoms with E-state index >= 15 is 0 Å². The van der Waals surface area contributed by atoms with Crippen LogP contribution in [0.2, 0.25) is 0 Å². The predicted molar refractivity (Wildman–Crippen MR) is 64.3 cm³/mol. The van der Waals surface area contributed by atoms with Gasteiger partial charge in [-0.25, -0.2) is 0 Å². The molecule has 1 aromatic heterocycles. The maximum atomic E-state index is 12.3. The van der Waals surface area contributed by atoms with Gasteiger partial charge in [-0.15, -0.1) is 0 Å². The van der Waals surface area contributed by atoms with Gasteiger partial charge in [0.25, 0.3) is 0 Å². The molecule has 0 radical (unpaired) electrons. The van der Waals surface area contributed by atoms with Crippen LogP contribution in [0.4, 0.5) is 5.69 Å². The molecule has 1 aromatic rings. The molecule has 0 saturated carbocycles. The van der Waals surface area contributed by atoms with E-state index in [1.807, 2.05) is 26.8 Å². The molecule has 2 heterocycles. The number of carbonyl (C=O) groups excluding carboxylic acids is 1. The number of rotatable bonds is 1. The average molecular weight is 221 g/mol. The summed E-state index contributed by atoms with van der Waals surface area (Å²) in [5.74, 6) is 0.160. The van der Waals surface area contributed by atoms with Crippen molar-refractivity contribution in [3.63, 3.8) is 0 Å². The number of fused-ring (bicyclic) bond motifs is 1. The summed E-state index contributed by atoms with van der Waals surface area (Å²) >= 11 is 0. The standard InChI is InChI=1S/C12H19N3O/c1-12(2,3)11(16)9-6-8(13)10-7-14-4-5-15(9)10/h6,14H,4-5,7,13H2,1-3H3. The molecule has 0 spiro atoms. The van der Waals surface area contributed by atoms with Crippen LogP contribution in [-0.2, 0) is 13.1 Å². The first-order valence-corrected chi connectivity index (χ1v) is 5.64. The Hall–Kier alpha value is -1.29. The number of aromatic nitrogens is 1. The Morgan fingerprint density at radius 2 is 2.19 bits per heavy atom. The smallest absolute Gasteiger partial charge is 0.184 e. The van der Waals surface area contributed by atoms with Gasteiger partial charge in [-0.05, 0) is 6.07 Å². The average Bonchev–Trinajstić information content (AvgIpc) is 2.55. The van der Waals surface area contributed by atoms with Gasteiger partial charge in [0.05, 0.1) is 17.1 Å². The Kier molecular flexibility index (Phi) is 2.54. The highest BCUT2D eigenvalue weighted by molar-refractivity contribution is 5.99. The molecule has 0 aliphatic carbocycles. The highest BCUT2D eigenvalue weighted by Crippen LogP contribution is 2.27. The molecule has 4 nitrogen and oxygen atoms in total. The molecule has 1 aliphatic rings. The molecular formula is C12H19N3O. The van der Waals surface area contributed by atoms with Crippen LogP contribution >= 0.6 is 0 Å². The number of anilines is 1. The van der Waals surface area contributed by atoms with E-state index in [-0.39, 0.29) is 11.2 Å². The Labute approximate surface area is 95.8 Å². The number of nitrogens with zero attached hydrogens (tertiary/aromatic N) is 1. The molecule has 3 N–H and O–H groups in total. The number of nitrogens with two attached hydrogens (primary N) is 1. The van der Waals surface area contributed by atoms with E-state index in [1.54, 1.807) is 0 Å². The van der Waals surface area contributed by atoms with Crippen LogP contribution in [-0.4, -0.2) is 16.9 Å². The van der Waals surface area contributed by atoms with Gasteiger partial charge in [-0.3, -0.25) is 4.79 Å². The quantitative estimate of drug-likeness (QED) is 0.705. The fourth-order valence-corrected chi connectivity index (χ4v) is 2.03. The molecular weight excluding hydrogens is 202 g/mol. The summed E-state index contributed by atoms with van der Waals surface area (Å²) < 4.78 is 2.05. The van der Waals surface area contributed by atoms with Crippen molar-refractivity contribution < 1.29 is 4.79 Å². The highest BCUT2D eigenvalue weighted by Gasteiger charge is 2.28. The lowest BCUT2D eigenvalue weighted by atomic mass is 9.89. The third-order valence-electron chi connectivity index (χ3n) is 2.96. The topological polar surface area (TPSA) is 60.1 Å². The molecule has 0 unspecified atom stereocenters. The number of hydrogen-bond donors (Lipinski definition) is 2. The maximum absolute atomic E-state index is 12.3. The van der Waals surface area contributed by atoms with Gasteiger partial charge < -0.3 is 15.6 Å². The first-order chi connectivity index (χ1) is 7.41. The third-order valence-corrected chi connectivity index (χ3v) is 2.96. The predicted octanol–water partition coefficient (Wildman–Crippen LogP) is 1.40. The Morgan fingerprint density at radius 1 is 1.50 bits per heavy atom. The molecule has 0 fully saturated rings. The summed E-state index contributed by atoms with van der Waals surface area (Å²) in [7, 11) is 0. The molecule has 0 saturated heterocycles. The minimum Gasteiger partial charge on any atom is -0.397 e. The Bertz CT molecular complexity index is 426. The van der Waals surface area contributed by atoms with Crippen molar-refractivity contribution in [2.45, 2.75) is 33.9 Å². The van der Waals surface area contributed by atoms with Gasteiger partial charge in [-0.1, -0.05) is 20.8 Å². The number of ketones is 1. The summed E-state index contributed by atoms with van der Waals surface area (Å²) in [6.45, 7) is 8.28. The summed E-state index contributed by atoms with van der Waals surface area (Å²) in [6, 6.07) is 1.82. The summed E-state index contributed by atoms with van der Waals surface area (Å²) in [5.41, 5.74) is 8.09. The summed E-state index contributed by atoms with van der Waals surface area (Å²) in [5, 5.41) is 3.26. The lowest BCUT2D eigenvalue weighted by Crippen LogP contribution is -2.31. The largest absolute Gasteiger partial charge is 0.397 e. The second kappa shape index (κ2) is 3.63. The van der Waals surface area contributed by atoms with E-state index in [0.717, 1.165) is 36.7 Å². The van der Waals surface area contributed by atoms with Gasteiger partial charge in [0.1, 0.15) is 0 Å². The van der Waals surface area contributed by atoms with Crippen LogP contribution in [0, 0.1) is 5.41 Å². The third kappa shape index (κ3) is 1.73. The van der Waals surface area contributed by atoms with E-state index in [4.69, 9.17) is 5.73 Å². The van der Waals surface area contributed by atoms with Gasteiger partial charge in [0.15, 0.2) is 5.78 Å². The maximum Gasteiger partial charge on any atom is 0.184 e. The zero-order valence-corrected chi connectivity index (χ0v) is 10.1. The molecule has 0 aromatic carbocycles. The fraction of sp³-hybridized carbons (Fsp3) is 0.583. The van der Waals surface area contributed by atoms with Gasteiger partial charge in [0, 0.05) is 25.0 Å². The van der Waals surface area contributed by atoms with E-state index in [2.05, 4.69) is 9.88 Å². The minimum atomic E-state index is -0.355. The first kappa shape index (κ1) is 11.2. The van der Waals surface area contributed by atoms with Crippen molar-refractivity contribution in [1.82, 2.24) is 9.88 Å². The molecule has 1 aliphatic heterocycles. The SMILES string of the molecule is CC(C)(C)C(=O)c1cc(N)c2n1CCNC2. The zero-order chi connectivity index (χ0) is 11.9. The number of nitrogens with one attached hydrogen (secondary N) is 1. The molecule has 16 heavy (non-hydrogen) atoms. The minimum absolute atomic E-state index is 0.160. The molecule has 0 bridgehead atoms. The van der Waals surface area contributed by atoms with Gasteiger partial charge >= 0.3 is 0 Å². The van der Waals surface area contributed by atoms with E-state index < -0.39 is 0 Å². The number of Topliss-reactive ketones (excluding diaryl/α,β-unsaturated/α-hetero) is 1. The van der Waals surface area contributed by atoms with Crippen LogP contribution < -0.4 is 11.1 Å². The van der Waals surface area contributed by atoms with Crippen molar-refractivity contribution in [2.75, 3.05) is 12.3 Å².